The van der Waals surface area contributed by atoms with E-state index < -0.39 is 0 Å². The summed E-state index contributed by atoms with van der Waals surface area (Å²) >= 11 is 5.54. The highest BCUT2D eigenvalue weighted by Gasteiger charge is 2.05. The van der Waals surface area contributed by atoms with Gasteiger partial charge in [-0.3, -0.25) is 0 Å². The lowest BCUT2D eigenvalue weighted by Crippen LogP contribution is -2.07. The Labute approximate surface area is 201 Å². The summed E-state index contributed by atoms with van der Waals surface area (Å²) in [7, 11) is 0. The Hall–Kier alpha value is -1.48. The van der Waals surface area contributed by atoms with Gasteiger partial charge in [0.2, 0.25) is 0 Å². The predicted molar refractivity (Wildman–Crippen MR) is 138 cm³/mol. The maximum atomic E-state index is 11.8. The second-order valence-electron chi connectivity index (χ2n) is 8.67. The zero-order valence-electron chi connectivity index (χ0n) is 20.5. The lowest BCUT2D eigenvalue weighted by Gasteiger charge is -2.07. The molecule has 0 aliphatic rings. The van der Waals surface area contributed by atoms with Gasteiger partial charge in [0.05, 0.1) is 12.5 Å². The van der Waals surface area contributed by atoms with Crippen molar-refractivity contribution in [3.63, 3.8) is 0 Å². The number of esters is 1. The molecule has 0 unspecified atom stereocenters. The number of alkyl halides is 1. The summed E-state index contributed by atoms with van der Waals surface area (Å²) in [6.07, 6.45) is 20.9. The first-order valence-corrected chi connectivity index (χ1v) is 13.3. The van der Waals surface area contributed by atoms with Gasteiger partial charge in [-0.25, -0.2) is 4.79 Å². The molecule has 1 rings (SSSR count). The third-order valence-corrected chi connectivity index (χ3v) is 5.82. The lowest BCUT2D eigenvalue weighted by molar-refractivity contribution is -0.138. The number of carbonyl (C=O) groups is 1. The first kappa shape index (κ1) is 28.6. The molecule has 0 aromatic heterocycles. The maximum absolute atomic E-state index is 11.8. The number of benzene rings is 1. The van der Waals surface area contributed by atoms with Crippen molar-refractivity contribution in [1.82, 2.24) is 0 Å². The van der Waals surface area contributed by atoms with Gasteiger partial charge in [-0.1, -0.05) is 103 Å². The number of halogens is 1. The molecule has 182 valence electrons. The first-order chi connectivity index (χ1) is 15.7. The van der Waals surface area contributed by atoms with Gasteiger partial charge < -0.3 is 9.47 Å². The topological polar surface area (TPSA) is 35.5 Å². The fourth-order valence-corrected chi connectivity index (χ4v) is 3.78. The van der Waals surface area contributed by atoms with Crippen molar-refractivity contribution in [2.24, 2.45) is 0 Å². The highest BCUT2D eigenvalue weighted by molar-refractivity contribution is 6.18. The molecular formula is C28H45ClO3. The van der Waals surface area contributed by atoms with Crippen LogP contribution in [0.5, 0.6) is 5.75 Å². The van der Waals surface area contributed by atoms with Gasteiger partial charge in [0.1, 0.15) is 12.4 Å². The van der Waals surface area contributed by atoms with E-state index in [1.165, 1.54) is 83.5 Å². The van der Waals surface area contributed by atoms with Crippen molar-refractivity contribution in [1.29, 1.82) is 0 Å². The summed E-state index contributed by atoms with van der Waals surface area (Å²) in [5, 5.41) is 0. The monoisotopic (exact) mass is 464 g/mol. The van der Waals surface area contributed by atoms with Crippen LogP contribution in [0.4, 0.5) is 0 Å². The second-order valence-corrected chi connectivity index (χ2v) is 9.04. The highest BCUT2D eigenvalue weighted by Crippen LogP contribution is 2.16. The molecule has 0 bridgehead atoms. The number of carbonyl (C=O) groups excluding carboxylic acids is 1. The van der Waals surface area contributed by atoms with Crippen molar-refractivity contribution in [3.8, 4) is 5.75 Å². The van der Waals surface area contributed by atoms with E-state index in [1.807, 2.05) is 30.3 Å². The molecule has 3 nitrogen and oxygen atoms in total. The molecule has 0 radical (unpaired) electrons. The fourth-order valence-electron chi connectivity index (χ4n) is 3.70. The third-order valence-electron chi connectivity index (χ3n) is 5.66. The van der Waals surface area contributed by atoms with Crippen LogP contribution in [0.15, 0.2) is 29.8 Å². The Balaban J connectivity index is 2.01. The molecule has 0 spiro atoms. The summed E-state index contributed by atoms with van der Waals surface area (Å²) in [6.45, 7) is 5.02. The van der Waals surface area contributed by atoms with Crippen LogP contribution < -0.4 is 4.74 Å². The van der Waals surface area contributed by atoms with Gasteiger partial charge in [0.15, 0.2) is 0 Å². The van der Waals surface area contributed by atoms with E-state index in [1.54, 1.807) is 6.92 Å². The summed E-state index contributed by atoms with van der Waals surface area (Å²) < 4.78 is 10.9. The van der Waals surface area contributed by atoms with Crippen LogP contribution in [0.25, 0.3) is 6.08 Å². The Kier molecular flexibility index (Phi) is 18.0. The van der Waals surface area contributed by atoms with Crippen molar-refractivity contribution in [2.75, 3.05) is 19.1 Å². The van der Waals surface area contributed by atoms with Gasteiger partial charge in [0.25, 0.3) is 0 Å². The average molecular weight is 465 g/mol. The minimum atomic E-state index is -0.330. The number of hydrogen-bond acceptors (Lipinski definition) is 3. The molecule has 0 fully saturated rings. The molecule has 1 aromatic rings. The number of ether oxygens (including phenoxy) is 2. The predicted octanol–water partition coefficient (Wildman–Crippen LogP) is 8.73. The lowest BCUT2D eigenvalue weighted by atomic mass is 10.0. The highest BCUT2D eigenvalue weighted by atomic mass is 35.5. The van der Waals surface area contributed by atoms with Gasteiger partial charge in [-0.05, 0) is 37.1 Å². The summed E-state index contributed by atoms with van der Waals surface area (Å²) in [5.74, 6) is 0.854. The Morgan fingerprint density at radius 1 is 0.781 bits per heavy atom. The molecule has 0 atom stereocenters. The first-order valence-electron chi connectivity index (χ1n) is 12.8. The summed E-state index contributed by atoms with van der Waals surface area (Å²) in [6, 6.07) is 7.82. The van der Waals surface area contributed by atoms with E-state index in [4.69, 9.17) is 21.1 Å². The Morgan fingerprint density at radius 2 is 1.28 bits per heavy atom. The molecule has 0 aliphatic heterocycles. The van der Waals surface area contributed by atoms with E-state index >= 15 is 0 Å². The van der Waals surface area contributed by atoms with Crippen LogP contribution in [0.2, 0.25) is 0 Å². The van der Waals surface area contributed by atoms with E-state index in [0.29, 0.717) is 11.5 Å². The molecule has 0 heterocycles. The Morgan fingerprint density at radius 3 is 1.78 bits per heavy atom. The molecule has 0 saturated carbocycles. The van der Waals surface area contributed by atoms with Crippen molar-refractivity contribution >= 4 is 23.6 Å². The second kappa shape index (κ2) is 20.1. The smallest absolute Gasteiger partial charge is 0.333 e. The minimum Gasteiger partial charge on any atom is -0.494 e. The zero-order valence-corrected chi connectivity index (χ0v) is 21.3. The van der Waals surface area contributed by atoms with Gasteiger partial charge in [0, 0.05) is 5.57 Å². The molecule has 4 heteroatoms. The average Bonchev–Trinajstić information content (AvgIpc) is 2.81. The van der Waals surface area contributed by atoms with Crippen LogP contribution in [0, 0.1) is 0 Å². The van der Waals surface area contributed by atoms with Crippen LogP contribution >= 0.6 is 11.6 Å². The fraction of sp³-hybridized carbons (Fsp3) is 0.679. The van der Waals surface area contributed by atoms with Crippen LogP contribution in [-0.2, 0) is 9.53 Å². The van der Waals surface area contributed by atoms with Crippen LogP contribution in [0.3, 0.4) is 0 Å². The standard InChI is InChI=1S/C28H45ClO3/c1-3-4-5-6-7-8-9-10-11-12-13-14-15-16-22-31-27-19-17-26(18-20-27)24-25(2)28(30)32-23-21-29/h17-20,24H,3-16,21-23H2,1-2H3/b25-24+. The Bertz CT molecular complexity index is 610. The largest absolute Gasteiger partial charge is 0.494 e. The molecule has 0 N–H and O–H groups in total. The van der Waals surface area contributed by atoms with Crippen molar-refractivity contribution in [3.05, 3.63) is 35.4 Å². The van der Waals surface area contributed by atoms with Gasteiger partial charge in [-0.15, -0.1) is 11.6 Å². The molecule has 32 heavy (non-hydrogen) atoms. The zero-order chi connectivity index (χ0) is 23.3. The quantitative estimate of drug-likeness (QED) is 0.0836. The number of unbranched alkanes of at least 4 members (excludes halogenated alkanes) is 13. The molecule has 1 aromatic carbocycles. The van der Waals surface area contributed by atoms with E-state index in [-0.39, 0.29) is 12.6 Å². The van der Waals surface area contributed by atoms with E-state index in [9.17, 15) is 4.79 Å². The van der Waals surface area contributed by atoms with Gasteiger partial charge >= 0.3 is 5.97 Å². The number of hydrogen-bond donors (Lipinski definition) is 0. The van der Waals surface area contributed by atoms with Crippen molar-refractivity contribution < 1.29 is 14.3 Å². The van der Waals surface area contributed by atoms with E-state index in [0.717, 1.165) is 24.3 Å². The van der Waals surface area contributed by atoms with E-state index in [2.05, 4.69) is 6.92 Å². The van der Waals surface area contributed by atoms with Crippen LogP contribution in [-0.4, -0.2) is 25.1 Å². The molecule has 0 aliphatic carbocycles. The maximum Gasteiger partial charge on any atom is 0.333 e. The third kappa shape index (κ3) is 15.3. The minimum absolute atomic E-state index is 0.234. The molecular weight excluding hydrogens is 420 g/mol. The summed E-state index contributed by atoms with van der Waals surface area (Å²) in [4.78, 5) is 11.8. The SMILES string of the molecule is CCCCCCCCCCCCCCCCOc1ccc(/C=C(\C)C(=O)OCCCl)cc1. The molecule has 0 amide bonds. The van der Waals surface area contributed by atoms with Crippen LogP contribution in [0.1, 0.15) is 109 Å². The number of rotatable bonds is 20. The van der Waals surface area contributed by atoms with Gasteiger partial charge in [-0.2, -0.15) is 0 Å². The van der Waals surface area contributed by atoms with Crippen molar-refractivity contribution in [2.45, 2.75) is 104 Å². The summed E-state index contributed by atoms with van der Waals surface area (Å²) in [5.41, 5.74) is 1.51. The molecule has 0 saturated heterocycles. The normalized spacial score (nSPS) is 11.5.